The third kappa shape index (κ3) is 9.40. The van der Waals surface area contributed by atoms with Gasteiger partial charge in [-0.1, -0.05) is 44.0 Å². The van der Waals surface area contributed by atoms with Crippen LogP contribution in [0.1, 0.15) is 0 Å². The SMILES string of the molecule is BrC(Br)=CC=CC(Br)Br. The fourth-order valence-electron chi connectivity index (χ4n) is 0.212. The molecule has 0 radical (unpaired) electrons. The maximum absolute atomic E-state index is 3.29. The van der Waals surface area contributed by atoms with Crippen molar-refractivity contribution in [2.75, 3.05) is 0 Å². The van der Waals surface area contributed by atoms with Gasteiger partial charge in [0.2, 0.25) is 0 Å². The molecule has 0 N–H and O–H groups in total. The van der Waals surface area contributed by atoms with Crippen molar-refractivity contribution >= 4 is 63.7 Å². The third-order valence-electron chi connectivity index (χ3n) is 0.479. The fraction of sp³-hybridized carbons (Fsp3) is 0.200. The highest BCUT2D eigenvalue weighted by Crippen LogP contribution is 2.14. The summed E-state index contributed by atoms with van der Waals surface area (Å²) in [5, 5.41) is 0. The maximum Gasteiger partial charge on any atom is 0.0880 e. The molecule has 0 aliphatic carbocycles. The molecule has 0 unspecified atom stereocenters. The maximum atomic E-state index is 3.29. The van der Waals surface area contributed by atoms with Crippen molar-refractivity contribution in [1.82, 2.24) is 0 Å². The van der Waals surface area contributed by atoms with Gasteiger partial charge < -0.3 is 0 Å². The Labute approximate surface area is 88.3 Å². The minimum absolute atomic E-state index is 0.251. The van der Waals surface area contributed by atoms with Gasteiger partial charge in [-0.05, 0) is 37.9 Å². The van der Waals surface area contributed by atoms with Gasteiger partial charge in [0, 0.05) is 0 Å². The van der Waals surface area contributed by atoms with Crippen LogP contribution in [0.4, 0.5) is 0 Å². The number of allylic oxidation sites excluding steroid dienone is 3. The molecule has 0 aromatic rings. The molecule has 0 aliphatic rings. The van der Waals surface area contributed by atoms with Gasteiger partial charge >= 0.3 is 0 Å². The van der Waals surface area contributed by atoms with Gasteiger partial charge in [-0.3, -0.25) is 0 Å². The first-order valence-electron chi connectivity index (χ1n) is 2.10. The van der Waals surface area contributed by atoms with Crippen molar-refractivity contribution in [1.29, 1.82) is 0 Å². The first-order valence-corrected chi connectivity index (χ1v) is 5.52. The molecule has 0 saturated heterocycles. The Bertz CT molecular complexity index is 121. The summed E-state index contributed by atoms with van der Waals surface area (Å²) in [5.74, 6) is 0. The highest BCUT2D eigenvalue weighted by atomic mass is 79.9. The molecule has 0 fully saturated rings. The van der Waals surface area contributed by atoms with Gasteiger partial charge in [0.05, 0.1) is 7.13 Å². The molecular formula is C5H4Br4. The standard InChI is InChI=1S/C5H4Br4/c6-4(7)2-1-3-5(8)9/h1-4H. The zero-order chi connectivity index (χ0) is 7.28. The molecule has 4 heteroatoms. The lowest BCUT2D eigenvalue weighted by Gasteiger charge is -1.84. The van der Waals surface area contributed by atoms with Crippen LogP contribution in [0.3, 0.4) is 0 Å². The smallest absolute Gasteiger partial charge is 0.0719 e. The summed E-state index contributed by atoms with van der Waals surface area (Å²) in [6.45, 7) is 0. The van der Waals surface area contributed by atoms with E-state index >= 15 is 0 Å². The van der Waals surface area contributed by atoms with Gasteiger partial charge in [-0.15, -0.1) is 0 Å². The number of rotatable bonds is 2. The molecular weight excluding hydrogens is 380 g/mol. The molecule has 0 rings (SSSR count). The molecule has 0 heterocycles. The van der Waals surface area contributed by atoms with Gasteiger partial charge in [-0.25, -0.2) is 0 Å². The fourth-order valence-corrected chi connectivity index (χ4v) is 0.870. The van der Waals surface area contributed by atoms with Crippen LogP contribution in [0.5, 0.6) is 0 Å². The van der Waals surface area contributed by atoms with E-state index < -0.39 is 0 Å². The average molecular weight is 384 g/mol. The number of halogens is 4. The number of hydrogen-bond acceptors (Lipinski definition) is 0. The van der Waals surface area contributed by atoms with Crippen LogP contribution in [0.25, 0.3) is 0 Å². The molecule has 0 aliphatic heterocycles. The van der Waals surface area contributed by atoms with E-state index in [0.29, 0.717) is 0 Å². The summed E-state index contributed by atoms with van der Waals surface area (Å²) in [7, 11) is 0. The topological polar surface area (TPSA) is 0 Å². The van der Waals surface area contributed by atoms with Crippen LogP contribution >= 0.6 is 63.7 Å². The average Bonchev–Trinajstić information content (AvgIpc) is 1.63. The second-order valence-corrected chi connectivity index (χ2v) is 7.15. The van der Waals surface area contributed by atoms with Crippen LogP contribution in [0.2, 0.25) is 0 Å². The second kappa shape index (κ2) is 6.13. The highest BCUT2D eigenvalue weighted by molar-refractivity contribution is 9.28. The van der Waals surface area contributed by atoms with E-state index in [1.807, 2.05) is 18.2 Å². The lowest BCUT2D eigenvalue weighted by atomic mass is 10.5. The zero-order valence-corrected chi connectivity index (χ0v) is 10.7. The molecule has 0 atom stereocenters. The number of alkyl halides is 2. The Balaban J connectivity index is 3.60. The van der Waals surface area contributed by atoms with E-state index in [2.05, 4.69) is 63.7 Å². The molecule has 0 amide bonds. The van der Waals surface area contributed by atoms with Crippen molar-refractivity contribution in [3.63, 3.8) is 0 Å². The lowest BCUT2D eigenvalue weighted by Crippen LogP contribution is -1.70. The minimum Gasteiger partial charge on any atom is -0.0719 e. The molecule has 0 aromatic carbocycles. The van der Waals surface area contributed by atoms with Gasteiger partial charge in [0.15, 0.2) is 0 Å². The Hall–Kier alpha value is 1.40. The van der Waals surface area contributed by atoms with Gasteiger partial charge in [0.1, 0.15) is 0 Å². The summed E-state index contributed by atoms with van der Waals surface area (Å²) in [6, 6.07) is 0. The lowest BCUT2D eigenvalue weighted by molar-refractivity contribution is 1.71. The van der Waals surface area contributed by atoms with E-state index in [1.54, 1.807) is 0 Å². The largest absolute Gasteiger partial charge is 0.0880 e. The summed E-state index contributed by atoms with van der Waals surface area (Å²) < 4.78 is 1.19. The monoisotopic (exact) mass is 380 g/mol. The summed E-state index contributed by atoms with van der Waals surface area (Å²) in [6.07, 6.45) is 5.78. The number of hydrogen-bond donors (Lipinski definition) is 0. The Morgan fingerprint density at radius 2 is 1.78 bits per heavy atom. The van der Waals surface area contributed by atoms with Crippen molar-refractivity contribution in [2.24, 2.45) is 0 Å². The molecule has 9 heavy (non-hydrogen) atoms. The molecule has 0 spiro atoms. The molecule has 0 saturated carbocycles. The predicted octanol–water partition coefficient (Wildman–Crippen LogP) is 4.29. The van der Waals surface area contributed by atoms with Crippen LogP contribution < -0.4 is 0 Å². The van der Waals surface area contributed by atoms with E-state index in [9.17, 15) is 0 Å². The van der Waals surface area contributed by atoms with Crippen molar-refractivity contribution < 1.29 is 0 Å². The molecule has 0 bridgehead atoms. The molecule has 52 valence electrons. The van der Waals surface area contributed by atoms with Crippen LogP contribution in [-0.2, 0) is 0 Å². The second-order valence-electron chi connectivity index (χ2n) is 1.18. The Morgan fingerprint density at radius 3 is 2.11 bits per heavy atom. The first kappa shape index (κ1) is 10.4. The van der Waals surface area contributed by atoms with E-state index in [1.165, 1.54) is 0 Å². The molecule has 0 nitrogen and oxygen atoms in total. The van der Waals surface area contributed by atoms with Crippen LogP contribution in [0, 0.1) is 0 Å². The van der Waals surface area contributed by atoms with Crippen molar-refractivity contribution in [3.05, 3.63) is 21.6 Å². The predicted molar refractivity (Wildman–Crippen MR) is 56.7 cm³/mol. The van der Waals surface area contributed by atoms with Crippen LogP contribution in [0.15, 0.2) is 21.6 Å². The quantitative estimate of drug-likeness (QED) is 0.493. The van der Waals surface area contributed by atoms with Gasteiger partial charge in [-0.2, -0.15) is 0 Å². The highest BCUT2D eigenvalue weighted by Gasteiger charge is 1.84. The summed E-state index contributed by atoms with van der Waals surface area (Å²) in [5.41, 5.74) is 0. The molecule has 0 aromatic heterocycles. The zero-order valence-electron chi connectivity index (χ0n) is 4.32. The Kier molecular flexibility index (Phi) is 7.09. The van der Waals surface area contributed by atoms with E-state index in [-0.39, 0.29) is 3.74 Å². The summed E-state index contributed by atoms with van der Waals surface area (Å²) in [4.78, 5) is 0. The van der Waals surface area contributed by atoms with Gasteiger partial charge in [0.25, 0.3) is 0 Å². The third-order valence-corrected chi connectivity index (χ3v) is 1.62. The summed E-state index contributed by atoms with van der Waals surface area (Å²) >= 11 is 13.0. The van der Waals surface area contributed by atoms with Crippen molar-refractivity contribution in [3.8, 4) is 0 Å². The van der Waals surface area contributed by atoms with E-state index in [0.717, 1.165) is 3.39 Å². The van der Waals surface area contributed by atoms with Crippen molar-refractivity contribution in [2.45, 2.75) is 3.74 Å². The first-order chi connectivity index (χ1) is 4.13. The van der Waals surface area contributed by atoms with Crippen LogP contribution in [-0.4, -0.2) is 3.74 Å². The normalized spacial score (nSPS) is 10.8. The van der Waals surface area contributed by atoms with E-state index in [4.69, 9.17) is 0 Å². The Morgan fingerprint density at radius 1 is 1.22 bits per heavy atom. The minimum atomic E-state index is 0.251.